The number of fused-ring (bicyclic) bond motifs is 1. The molecular formula is C26H22F3N3O4S. The highest BCUT2D eigenvalue weighted by atomic mass is 32.2. The fourth-order valence-corrected chi connectivity index (χ4v) is 6.13. The molecule has 7 nitrogen and oxygen atoms in total. The summed E-state index contributed by atoms with van der Waals surface area (Å²) in [6, 6.07) is 11.6. The first kappa shape index (κ1) is 25.1. The van der Waals surface area contributed by atoms with Gasteiger partial charge in [-0.15, -0.1) is 0 Å². The predicted molar refractivity (Wildman–Crippen MR) is 129 cm³/mol. The van der Waals surface area contributed by atoms with E-state index in [2.05, 4.69) is 9.97 Å². The molecule has 1 saturated heterocycles. The lowest BCUT2D eigenvalue weighted by atomic mass is 10.0. The molecule has 1 aliphatic rings. The minimum absolute atomic E-state index is 0.0905. The van der Waals surface area contributed by atoms with Crippen molar-refractivity contribution in [3.05, 3.63) is 78.4 Å². The Hall–Kier alpha value is -3.57. The topological polar surface area (TPSA) is 93.4 Å². The van der Waals surface area contributed by atoms with E-state index < -0.39 is 27.9 Å². The summed E-state index contributed by atoms with van der Waals surface area (Å²) in [5.41, 5.74) is 1.22. The first-order valence-electron chi connectivity index (χ1n) is 11.6. The molecule has 192 valence electrons. The molecular weight excluding hydrogens is 507 g/mol. The number of ketones is 1. The quantitative estimate of drug-likeness (QED) is 0.324. The van der Waals surface area contributed by atoms with Gasteiger partial charge in [-0.05, 0) is 43.0 Å². The third kappa shape index (κ3) is 5.14. The average molecular weight is 530 g/mol. The number of hydrogen-bond acceptors (Lipinski definition) is 6. The van der Waals surface area contributed by atoms with Gasteiger partial charge in [0.2, 0.25) is 5.09 Å². The highest BCUT2D eigenvalue weighted by Gasteiger charge is 2.40. The molecule has 1 unspecified atom stereocenters. The van der Waals surface area contributed by atoms with E-state index >= 15 is 0 Å². The minimum Gasteiger partial charge on any atom is -0.443 e. The van der Waals surface area contributed by atoms with E-state index in [4.69, 9.17) is 4.42 Å². The molecule has 37 heavy (non-hydrogen) atoms. The molecule has 1 atom stereocenters. The van der Waals surface area contributed by atoms with E-state index in [9.17, 15) is 26.4 Å². The average Bonchev–Trinajstić information content (AvgIpc) is 3.55. The van der Waals surface area contributed by atoms with Gasteiger partial charge in [0, 0.05) is 54.1 Å². The number of sulfonamides is 1. The molecule has 4 aromatic rings. The third-order valence-electron chi connectivity index (χ3n) is 6.38. The molecule has 0 saturated carbocycles. The largest absolute Gasteiger partial charge is 0.443 e. The maximum absolute atomic E-state index is 13.3. The second-order valence-corrected chi connectivity index (χ2v) is 10.7. The number of furan rings is 1. The highest BCUT2D eigenvalue weighted by Crippen LogP contribution is 2.32. The SMILES string of the molecule is O=C(CCc1cncc(-c2ccc(C(F)(F)F)nc2)c1)C1CCCN1S(=O)(=O)c1cc2ccccc2o1. The van der Waals surface area contributed by atoms with Crippen LogP contribution in [0.3, 0.4) is 0 Å². The molecule has 0 amide bonds. The van der Waals surface area contributed by atoms with Gasteiger partial charge in [0.25, 0.3) is 10.0 Å². The monoisotopic (exact) mass is 529 g/mol. The standard InChI is InChI=1S/C26H22F3N3O4S/c27-26(28,29)24-10-8-19(16-31-24)20-12-17(14-30-15-20)7-9-22(33)21-5-3-11-32(21)37(34,35)25-13-18-4-1-2-6-23(18)36-25/h1-2,4,6,8,10,12-16,21H,3,5,7,9,11H2. The van der Waals surface area contributed by atoms with E-state index in [1.54, 1.807) is 36.5 Å². The first-order valence-corrected chi connectivity index (χ1v) is 13.1. The van der Waals surface area contributed by atoms with Crippen LogP contribution in [0.5, 0.6) is 0 Å². The highest BCUT2D eigenvalue weighted by molar-refractivity contribution is 7.89. The van der Waals surface area contributed by atoms with Crippen molar-refractivity contribution in [2.24, 2.45) is 0 Å². The number of para-hydroxylation sites is 1. The minimum atomic E-state index is -4.52. The molecule has 0 bridgehead atoms. The number of alkyl halides is 3. The van der Waals surface area contributed by atoms with Crippen molar-refractivity contribution in [2.75, 3.05) is 6.54 Å². The van der Waals surface area contributed by atoms with E-state index in [1.807, 2.05) is 0 Å². The number of benzene rings is 1. The number of hydrogen-bond donors (Lipinski definition) is 0. The Bertz CT molecular complexity index is 1520. The van der Waals surface area contributed by atoms with Crippen LogP contribution in [0.15, 0.2) is 76.6 Å². The summed E-state index contributed by atoms with van der Waals surface area (Å²) in [6.07, 6.45) is 1.08. The second-order valence-electron chi connectivity index (χ2n) is 8.86. The number of aromatic nitrogens is 2. The van der Waals surface area contributed by atoms with Crippen LogP contribution in [0.1, 0.15) is 30.5 Å². The Morgan fingerprint density at radius 1 is 1.05 bits per heavy atom. The number of Topliss-reactive ketones (excluding diaryl/α,β-unsaturated/α-hetero) is 1. The lowest BCUT2D eigenvalue weighted by Crippen LogP contribution is -2.40. The lowest BCUT2D eigenvalue weighted by molar-refractivity contribution is -0.141. The Morgan fingerprint density at radius 3 is 2.59 bits per heavy atom. The van der Waals surface area contributed by atoms with Crippen LogP contribution in [0.2, 0.25) is 0 Å². The number of carbonyl (C=O) groups is 1. The van der Waals surface area contributed by atoms with Gasteiger partial charge in [-0.3, -0.25) is 14.8 Å². The third-order valence-corrected chi connectivity index (χ3v) is 8.15. The van der Waals surface area contributed by atoms with Crippen molar-refractivity contribution in [2.45, 2.75) is 43.0 Å². The number of carbonyl (C=O) groups excluding carboxylic acids is 1. The summed E-state index contributed by atoms with van der Waals surface area (Å²) in [5, 5.41) is 0.481. The van der Waals surface area contributed by atoms with Gasteiger partial charge in [-0.25, -0.2) is 8.42 Å². The van der Waals surface area contributed by atoms with Crippen molar-refractivity contribution in [1.29, 1.82) is 0 Å². The van der Waals surface area contributed by atoms with Gasteiger partial charge in [0.15, 0.2) is 5.78 Å². The summed E-state index contributed by atoms with van der Waals surface area (Å²) in [4.78, 5) is 20.7. The molecule has 0 N–H and O–H groups in total. The number of halogens is 3. The molecule has 1 aliphatic heterocycles. The zero-order chi connectivity index (χ0) is 26.2. The maximum Gasteiger partial charge on any atom is 0.433 e. The Kier molecular flexibility index (Phi) is 6.59. The van der Waals surface area contributed by atoms with Crippen LogP contribution in [-0.4, -0.2) is 41.1 Å². The summed E-state index contributed by atoms with van der Waals surface area (Å²) >= 11 is 0. The van der Waals surface area contributed by atoms with Gasteiger partial charge in [0.05, 0.1) is 6.04 Å². The van der Waals surface area contributed by atoms with Gasteiger partial charge >= 0.3 is 6.18 Å². The molecule has 11 heteroatoms. The van der Waals surface area contributed by atoms with Gasteiger partial charge in [0.1, 0.15) is 11.3 Å². The Morgan fingerprint density at radius 2 is 1.86 bits per heavy atom. The lowest BCUT2D eigenvalue weighted by Gasteiger charge is -2.21. The van der Waals surface area contributed by atoms with Crippen molar-refractivity contribution >= 4 is 26.8 Å². The van der Waals surface area contributed by atoms with Crippen molar-refractivity contribution in [3.8, 4) is 11.1 Å². The van der Waals surface area contributed by atoms with Crippen molar-refractivity contribution < 1.29 is 30.8 Å². The number of rotatable bonds is 7. The Balaban J connectivity index is 1.28. The number of pyridine rings is 2. The van der Waals surface area contributed by atoms with Gasteiger partial charge < -0.3 is 4.42 Å². The fraction of sp³-hybridized carbons (Fsp3) is 0.269. The van der Waals surface area contributed by atoms with Gasteiger partial charge in [-0.1, -0.05) is 24.3 Å². The first-order chi connectivity index (χ1) is 17.6. The van der Waals surface area contributed by atoms with Gasteiger partial charge in [-0.2, -0.15) is 17.5 Å². The summed E-state index contributed by atoms with van der Waals surface area (Å²) < 4.78 is 71.7. The maximum atomic E-state index is 13.3. The molecule has 1 aromatic carbocycles. The summed E-state index contributed by atoms with van der Waals surface area (Å²) in [5.74, 6) is -0.209. The van der Waals surface area contributed by atoms with E-state index in [-0.39, 0.29) is 23.8 Å². The van der Waals surface area contributed by atoms with Crippen LogP contribution in [-0.2, 0) is 27.4 Å². The predicted octanol–water partition coefficient (Wildman–Crippen LogP) is 5.26. The molecule has 4 heterocycles. The van der Waals surface area contributed by atoms with Crippen LogP contribution in [0, 0.1) is 0 Å². The van der Waals surface area contributed by atoms with Crippen molar-refractivity contribution in [1.82, 2.24) is 14.3 Å². The van der Waals surface area contributed by atoms with E-state index in [0.717, 1.165) is 12.3 Å². The Labute approximate surface area is 211 Å². The molecule has 0 aliphatic carbocycles. The number of nitrogens with zero attached hydrogens (tertiary/aromatic N) is 3. The smallest absolute Gasteiger partial charge is 0.433 e. The second kappa shape index (κ2) is 9.71. The summed E-state index contributed by atoms with van der Waals surface area (Å²) in [6.45, 7) is 0.230. The molecule has 5 rings (SSSR count). The fourth-order valence-electron chi connectivity index (χ4n) is 4.50. The molecule has 0 radical (unpaired) electrons. The van der Waals surface area contributed by atoms with Crippen molar-refractivity contribution in [3.63, 3.8) is 0 Å². The van der Waals surface area contributed by atoms with Crippen LogP contribution >= 0.6 is 0 Å². The zero-order valence-corrected chi connectivity index (χ0v) is 20.3. The van der Waals surface area contributed by atoms with Crippen LogP contribution < -0.4 is 0 Å². The molecule has 0 spiro atoms. The zero-order valence-electron chi connectivity index (χ0n) is 19.5. The normalized spacial score (nSPS) is 16.9. The van der Waals surface area contributed by atoms with Crippen LogP contribution in [0.4, 0.5) is 13.2 Å². The molecule has 1 fully saturated rings. The summed E-state index contributed by atoms with van der Waals surface area (Å²) in [7, 11) is -3.99. The van der Waals surface area contributed by atoms with E-state index in [1.165, 1.54) is 22.6 Å². The number of aryl methyl sites for hydroxylation is 1. The van der Waals surface area contributed by atoms with E-state index in [0.29, 0.717) is 46.9 Å². The molecule has 3 aromatic heterocycles. The van der Waals surface area contributed by atoms with Crippen LogP contribution in [0.25, 0.3) is 22.1 Å².